The summed E-state index contributed by atoms with van der Waals surface area (Å²) in [5.41, 5.74) is 14.6. The van der Waals surface area contributed by atoms with Gasteiger partial charge in [0.1, 0.15) is 0 Å². The maximum absolute atomic E-state index is 2.39. The lowest BCUT2D eigenvalue weighted by Gasteiger charge is -2.17. The number of benzene rings is 2. The van der Waals surface area contributed by atoms with Crippen LogP contribution in [0, 0.1) is 55.4 Å². The van der Waals surface area contributed by atoms with Crippen LogP contribution in [-0.2, 0) is 12.8 Å². The van der Waals surface area contributed by atoms with Crippen molar-refractivity contribution in [2.45, 2.75) is 68.2 Å². The lowest BCUT2D eigenvalue weighted by molar-refractivity contribution is 0.915. The Morgan fingerprint density at radius 3 is 1.68 bits per heavy atom. The van der Waals surface area contributed by atoms with Gasteiger partial charge in [-0.15, -0.1) is 0 Å². The number of rotatable bonds is 3. The fraction of sp³-hybridized carbons (Fsp3) is 0.455. The monoisotopic (exact) mass is 294 g/mol. The highest BCUT2D eigenvalue weighted by Gasteiger charge is 2.11. The van der Waals surface area contributed by atoms with Crippen LogP contribution < -0.4 is 0 Å². The summed E-state index contributed by atoms with van der Waals surface area (Å²) in [7, 11) is 0. The van der Waals surface area contributed by atoms with Crippen LogP contribution in [-0.4, -0.2) is 0 Å². The average molecular weight is 294 g/mol. The van der Waals surface area contributed by atoms with E-state index in [1.807, 2.05) is 0 Å². The van der Waals surface area contributed by atoms with E-state index in [4.69, 9.17) is 0 Å². The fourth-order valence-electron chi connectivity index (χ4n) is 3.54. The largest absolute Gasteiger partial charge is 0.0558 e. The predicted molar refractivity (Wildman–Crippen MR) is 98.2 cm³/mol. The second-order valence-electron chi connectivity index (χ2n) is 6.97. The van der Waals surface area contributed by atoms with Gasteiger partial charge in [-0.25, -0.2) is 0 Å². The summed E-state index contributed by atoms with van der Waals surface area (Å²) in [5, 5.41) is 0. The Kier molecular flexibility index (Phi) is 4.80. The Morgan fingerprint density at radius 2 is 1.05 bits per heavy atom. The zero-order valence-corrected chi connectivity index (χ0v) is 15.6. The van der Waals surface area contributed by atoms with E-state index in [2.05, 4.69) is 67.5 Å². The van der Waals surface area contributed by atoms with Crippen LogP contribution in [0.2, 0.25) is 0 Å². The highest BCUT2D eigenvalue weighted by Crippen LogP contribution is 2.26. The molecule has 2 aromatic carbocycles. The van der Waals surface area contributed by atoms with Crippen molar-refractivity contribution in [2.24, 2.45) is 0 Å². The Balaban J connectivity index is 2.34. The summed E-state index contributed by atoms with van der Waals surface area (Å²) >= 11 is 0. The third kappa shape index (κ3) is 2.97. The van der Waals surface area contributed by atoms with E-state index in [-0.39, 0.29) is 0 Å². The van der Waals surface area contributed by atoms with Crippen LogP contribution >= 0.6 is 0 Å². The molecular formula is C22H30. The quantitative estimate of drug-likeness (QED) is 0.657. The highest BCUT2D eigenvalue weighted by molar-refractivity contribution is 5.46. The molecule has 118 valence electrons. The van der Waals surface area contributed by atoms with E-state index in [0.29, 0.717) is 0 Å². The van der Waals surface area contributed by atoms with E-state index in [9.17, 15) is 0 Å². The maximum atomic E-state index is 2.39. The highest BCUT2D eigenvalue weighted by atomic mass is 14.2. The van der Waals surface area contributed by atoms with Gasteiger partial charge in [0.25, 0.3) is 0 Å². The molecule has 0 radical (unpaired) electrons. The van der Waals surface area contributed by atoms with Gasteiger partial charge < -0.3 is 0 Å². The van der Waals surface area contributed by atoms with Gasteiger partial charge in [0.2, 0.25) is 0 Å². The van der Waals surface area contributed by atoms with Gasteiger partial charge in [-0.3, -0.25) is 0 Å². The fourth-order valence-corrected chi connectivity index (χ4v) is 3.54. The minimum Gasteiger partial charge on any atom is -0.0558 e. The molecule has 0 aromatic heterocycles. The summed E-state index contributed by atoms with van der Waals surface area (Å²) in [5.74, 6) is 0. The lowest BCUT2D eigenvalue weighted by atomic mass is 9.88. The number of aryl methyl sites for hydroxylation is 4. The molecule has 0 aliphatic heterocycles. The molecule has 0 nitrogen and oxygen atoms in total. The molecule has 0 spiro atoms. The van der Waals surface area contributed by atoms with Crippen LogP contribution in [0.4, 0.5) is 0 Å². The topological polar surface area (TPSA) is 0 Å². The van der Waals surface area contributed by atoms with Crippen molar-refractivity contribution in [3.63, 3.8) is 0 Å². The first-order valence-electron chi connectivity index (χ1n) is 8.36. The van der Waals surface area contributed by atoms with Crippen molar-refractivity contribution in [1.82, 2.24) is 0 Å². The molecule has 0 amide bonds. The standard InChI is InChI=1S/C22H30/c1-13-11-15(3)22(20(8)17(13)5)10-9-21-12-14(2)16(4)18(6)19(21)7/h11-12H,9-10H2,1-8H3. The van der Waals surface area contributed by atoms with Crippen LogP contribution in [0.1, 0.15) is 55.6 Å². The van der Waals surface area contributed by atoms with E-state index < -0.39 is 0 Å². The van der Waals surface area contributed by atoms with E-state index in [0.717, 1.165) is 12.8 Å². The van der Waals surface area contributed by atoms with Crippen molar-refractivity contribution < 1.29 is 0 Å². The molecule has 0 fully saturated rings. The summed E-state index contributed by atoms with van der Waals surface area (Å²) in [4.78, 5) is 0. The van der Waals surface area contributed by atoms with Crippen molar-refractivity contribution >= 4 is 0 Å². The summed E-state index contributed by atoms with van der Waals surface area (Å²) in [6.45, 7) is 18.0. The van der Waals surface area contributed by atoms with Gasteiger partial charge in [0, 0.05) is 0 Å². The number of hydrogen-bond donors (Lipinski definition) is 0. The summed E-state index contributed by atoms with van der Waals surface area (Å²) in [6.07, 6.45) is 2.28. The van der Waals surface area contributed by atoms with Gasteiger partial charge in [-0.05, 0) is 124 Å². The molecule has 0 unspecified atom stereocenters. The Hall–Kier alpha value is -1.56. The van der Waals surface area contributed by atoms with Crippen molar-refractivity contribution in [2.75, 3.05) is 0 Å². The van der Waals surface area contributed by atoms with Crippen molar-refractivity contribution in [1.29, 1.82) is 0 Å². The summed E-state index contributed by atoms with van der Waals surface area (Å²) < 4.78 is 0. The first-order valence-corrected chi connectivity index (χ1v) is 8.36. The molecule has 2 aromatic rings. The third-order valence-electron chi connectivity index (χ3n) is 5.75. The van der Waals surface area contributed by atoms with E-state index in [1.54, 1.807) is 5.56 Å². The molecule has 0 heteroatoms. The lowest BCUT2D eigenvalue weighted by Crippen LogP contribution is -2.04. The zero-order valence-electron chi connectivity index (χ0n) is 15.6. The second-order valence-corrected chi connectivity index (χ2v) is 6.97. The van der Waals surface area contributed by atoms with E-state index >= 15 is 0 Å². The minimum absolute atomic E-state index is 1.14. The molecule has 0 aliphatic rings. The van der Waals surface area contributed by atoms with Gasteiger partial charge >= 0.3 is 0 Å². The maximum Gasteiger partial charge on any atom is -0.0233 e. The normalized spacial score (nSPS) is 11.1. The summed E-state index contributed by atoms with van der Waals surface area (Å²) in [6, 6.07) is 4.74. The molecular weight excluding hydrogens is 264 g/mol. The molecule has 0 aliphatic carbocycles. The van der Waals surface area contributed by atoms with E-state index in [1.165, 1.54) is 50.1 Å². The SMILES string of the molecule is Cc1cc(CCc2c(C)cc(C)c(C)c2C)c(C)c(C)c1C. The Bertz CT molecular complexity index is 718. The molecule has 2 rings (SSSR count). The van der Waals surface area contributed by atoms with Crippen molar-refractivity contribution in [3.8, 4) is 0 Å². The van der Waals surface area contributed by atoms with Crippen LogP contribution in [0.15, 0.2) is 12.1 Å². The zero-order chi connectivity index (χ0) is 16.6. The average Bonchev–Trinajstić information content (AvgIpc) is 2.47. The van der Waals surface area contributed by atoms with Gasteiger partial charge in [0.05, 0.1) is 0 Å². The second kappa shape index (κ2) is 6.28. The third-order valence-corrected chi connectivity index (χ3v) is 5.75. The van der Waals surface area contributed by atoms with Crippen LogP contribution in [0.5, 0.6) is 0 Å². The Morgan fingerprint density at radius 1 is 0.500 bits per heavy atom. The molecule has 0 saturated heterocycles. The van der Waals surface area contributed by atoms with Gasteiger partial charge in [-0.2, -0.15) is 0 Å². The molecule has 0 heterocycles. The number of hydrogen-bond acceptors (Lipinski definition) is 0. The molecule has 0 atom stereocenters. The first-order chi connectivity index (χ1) is 10.2. The van der Waals surface area contributed by atoms with Crippen LogP contribution in [0.25, 0.3) is 0 Å². The molecule has 22 heavy (non-hydrogen) atoms. The van der Waals surface area contributed by atoms with Gasteiger partial charge in [-0.1, -0.05) is 12.1 Å². The van der Waals surface area contributed by atoms with Crippen molar-refractivity contribution in [3.05, 3.63) is 67.8 Å². The molecule has 0 bridgehead atoms. The van der Waals surface area contributed by atoms with Crippen LogP contribution in [0.3, 0.4) is 0 Å². The minimum atomic E-state index is 1.14. The molecule has 0 saturated carbocycles. The smallest absolute Gasteiger partial charge is 0.0233 e. The molecule has 0 N–H and O–H groups in total. The first kappa shape index (κ1) is 16.8. The van der Waals surface area contributed by atoms with Gasteiger partial charge in [0.15, 0.2) is 0 Å². The Labute approximate surface area is 136 Å². The predicted octanol–water partition coefficient (Wildman–Crippen LogP) is 5.94.